The number of rotatable bonds is 11. The molecule has 0 aromatic carbocycles. The van der Waals surface area contributed by atoms with Gasteiger partial charge in [0.2, 0.25) is 17.7 Å². The Kier molecular flexibility index (Phi) is 11.2. The Labute approximate surface area is 167 Å². The average Bonchev–Trinajstić information content (AvgIpc) is 2.56. The van der Waals surface area contributed by atoms with E-state index in [0.29, 0.717) is 19.4 Å². The molecule has 3 N–H and O–H groups in total. The molecule has 0 unspecified atom stereocenters. The molecule has 2 atom stereocenters. The van der Waals surface area contributed by atoms with E-state index < -0.39 is 17.5 Å². The molecule has 0 radical (unpaired) electrons. The second-order valence-electron chi connectivity index (χ2n) is 8.07. The van der Waals surface area contributed by atoms with Crippen molar-refractivity contribution >= 4 is 35.1 Å². The second-order valence-corrected chi connectivity index (χ2v) is 8.34. The van der Waals surface area contributed by atoms with Gasteiger partial charge in [-0.15, -0.1) is 11.6 Å². The number of hydrogen-bond donors (Lipinski definition) is 3. The largest absolute Gasteiger partial charge is 0.355 e. The van der Waals surface area contributed by atoms with E-state index in [2.05, 4.69) is 16.0 Å². The topological polar surface area (TPSA) is 104 Å². The second kappa shape index (κ2) is 12.0. The van der Waals surface area contributed by atoms with Crippen molar-refractivity contribution in [3.8, 4) is 0 Å². The lowest BCUT2D eigenvalue weighted by atomic mass is 9.87. The van der Waals surface area contributed by atoms with Gasteiger partial charge in [0.15, 0.2) is 5.78 Å². The first kappa shape index (κ1) is 25.4. The van der Waals surface area contributed by atoms with Gasteiger partial charge in [-0.2, -0.15) is 0 Å². The molecule has 0 aromatic rings. The summed E-state index contributed by atoms with van der Waals surface area (Å²) in [6.45, 7) is 11.2. The summed E-state index contributed by atoms with van der Waals surface area (Å²) in [4.78, 5) is 47.9. The third-order valence-corrected chi connectivity index (χ3v) is 4.27. The molecule has 0 saturated heterocycles. The van der Waals surface area contributed by atoms with Crippen molar-refractivity contribution in [1.82, 2.24) is 16.0 Å². The molecule has 0 saturated carbocycles. The number of carbonyl (C=O) groups excluding carboxylic acids is 4. The maximum atomic E-state index is 12.5. The lowest BCUT2D eigenvalue weighted by Crippen LogP contribution is -2.54. The number of ketones is 1. The number of amides is 3. The van der Waals surface area contributed by atoms with Gasteiger partial charge in [-0.25, -0.2) is 0 Å². The number of hydrogen-bond acceptors (Lipinski definition) is 4. The molecule has 0 bridgehead atoms. The van der Waals surface area contributed by atoms with Crippen molar-refractivity contribution in [3.63, 3.8) is 0 Å². The van der Waals surface area contributed by atoms with E-state index in [0.717, 1.165) is 0 Å². The zero-order valence-electron chi connectivity index (χ0n) is 17.3. The zero-order valence-corrected chi connectivity index (χ0v) is 18.0. The Morgan fingerprint density at radius 2 is 1.52 bits per heavy atom. The van der Waals surface area contributed by atoms with Crippen molar-refractivity contribution in [3.05, 3.63) is 0 Å². The smallest absolute Gasteiger partial charge is 0.243 e. The number of halogens is 1. The Bertz CT molecular complexity index is 530. The summed E-state index contributed by atoms with van der Waals surface area (Å²) in [5, 5.41) is 8.07. The van der Waals surface area contributed by atoms with E-state index in [1.165, 1.54) is 0 Å². The minimum atomic E-state index is -0.705. The van der Waals surface area contributed by atoms with Crippen molar-refractivity contribution in [2.45, 2.75) is 72.9 Å². The third-order valence-electron chi connectivity index (χ3n) is 4.03. The van der Waals surface area contributed by atoms with Gasteiger partial charge in [0.1, 0.15) is 11.9 Å². The van der Waals surface area contributed by atoms with Crippen LogP contribution in [0.4, 0.5) is 0 Å². The minimum absolute atomic E-state index is 0.0660. The number of alkyl halides is 1. The van der Waals surface area contributed by atoms with Crippen molar-refractivity contribution in [2.75, 3.05) is 12.4 Å². The van der Waals surface area contributed by atoms with Gasteiger partial charge in [0.05, 0.1) is 6.04 Å². The number of nitrogens with one attached hydrogen (secondary N) is 3. The van der Waals surface area contributed by atoms with Gasteiger partial charge < -0.3 is 16.0 Å². The van der Waals surface area contributed by atoms with E-state index in [1.807, 2.05) is 13.8 Å². The molecule has 0 fully saturated rings. The van der Waals surface area contributed by atoms with Crippen LogP contribution < -0.4 is 16.0 Å². The Morgan fingerprint density at radius 1 is 0.926 bits per heavy atom. The Hall–Kier alpha value is -1.63. The first-order chi connectivity index (χ1) is 12.4. The summed E-state index contributed by atoms with van der Waals surface area (Å²) in [7, 11) is 0. The van der Waals surface area contributed by atoms with Crippen LogP contribution in [0.5, 0.6) is 0 Å². The van der Waals surface area contributed by atoms with E-state index in [9.17, 15) is 19.2 Å². The van der Waals surface area contributed by atoms with Crippen LogP contribution >= 0.6 is 11.6 Å². The molecule has 0 aromatic heterocycles. The quantitative estimate of drug-likeness (QED) is 0.361. The minimum Gasteiger partial charge on any atom is -0.355 e. The highest BCUT2D eigenvalue weighted by molar-refractivity contribution is 6.27. The zero-order chi connectivity index (χ0) is 21.2. The molecule has 27 heavy (non-hydrogen) atoms. The maximum absolute atomic E-state index is 12.5. The fraction of sp³-hybridized carbons (Fsp3) is 0.789. The summed E-state index contributed by atoms with van der Waals surface area (Å²) in [6, 6.07) is -1.33. The van der Waals surface area contributed by atoms with Crippen LogP contribution in [-0.2, 0) is 19.2 Å². The number of carbonyl (C=O) groups is 4. The summed E-state index contributed by atoms with van der Waals surface area (Å²) in [6.07, 6.45) is 1.48. The molecule has 0 spiro atoms. The standard InChI is InChI=1S/C19H34ClN3O4/c1-12(2)16(18(27)22-13(3)17(26)19(4,5)6)23-14(24)9-7-8-10-21-15(25)11-20/h12-13,16H,7-11H2,1-6H3,(H,21,25)(H,22,27)(H,23,24)/t13-,16-/m0/s1. The highest BCUT2D eigenvalue weighted by atomic mass is 35.5. The van der Waals surface area contributed by atoms with Gasteiger partial charge in [-0.05, 0) is 25.7 Å². The normalized spacial score (nSPS) is 13.6. The third kappa shape index (κ3) is 10.3. The van der Waals surface area contributed by atoms with Gasteiger partial charge >= 0.3 is 0 Å². The molecule has 8 heteroatoms. The van der Waals surface area contributed by atoms with Crippen LogP contribution in [0.1, 0.15) is 60.8 Å². The summed E-state index contributed by atoms with van der Waals surface area (Å²) in [5.41, 5.74) is -0.553. The molecule has 0 heterocycles. The summed E-state index contributed by atoms with van der Waals surface area (Å²) in [5.74, 6) is -1.10. The number of Topliss-reactive ketones (excluding diaryl/α,β-unsaturated/α-hetero) is 1. The first-order valence-electron chi connectivity index (χ1n) is 9.36. The molecule has 3 amide bonds. The molecule has 0 aliphatic heterocycles. The Morgan fingerprint density at radius 3 is 2.00 bits per heavy atom. The fourth-order valence-corrected chi connectivity index (χ4v) is 2.58. The Balaban J connectivity index is 4.50. The monoisotopic (exact) mass is 403 g/mol. The van der Waals surface area contributed by atoms with Crippen molar-refractivity contribution < 1.29 is 19.2 Å². The highest BCUT2D eigenvalue weighted by Gasteiger charge is 2.31. The van der Waals surface area contributed by atoms with Gasteiger partial charge in [0.25, 0.3) is 0 Å². The molecular weight excluding hydrogens is 370 g/mol. The van der Waals surface area contributed by atoms with Crippen LogP contribution in [0.15, 0.2) is 0 Å². The van der Waals surface area contributed by atoms with Crippen molar-refractivity contribution in [2.24, 2.45) is 11.3 Å². The highest BCUT2D eigenvalue weighted by Crippen LogP contribution is 2.17. The SMILES string of the molecule is CC(C)[C@H](NC(=O)CCCCNC(=O)CCl)C(=O)N[C@@H](C)C(=O)C(C)(C)C. The average molecular weight is 404 g/mol. The van der Waals surface area contributed by atoms with Gasteiger partial charge in [-0.1, -0.05) is 34.6 Å². The maximum Gasteiger partial charge on any atom is 0.243 e. The number of unbranched alkanes of at least 4 members (excludes halogenated alkanes) is 1. The van der Waals surface area contributed by atoms with Crippen LogP contribution in [0, 0.1) is 11.3 Å². The fourth-order valence-electron chi connectivity index (χ4n) is 2.48. The van der Waals surface area contributed by atoms with Gasteiger partial charge in [-0.3, -0.25) is 19.2 Å². The molecule has 7 nitrogen and oxygen atoms in total. The van der Waals surface area contributed by atoms with Gasteiger partial charge in [0, 0.05) is 18.4 Å². The first-order valence-corrected chi connectivity index (χ1v) is 9.90. The summed E-state index contributed by atoms with van der Waals surface area (Å²) < 4.78 is 0. The van der Waals surface area contributed by atoms with E-state index in [-0.39, 0.29) is 41.7 Å². The van der Waals surface area contributed by atoms with Crippen LogP contribution in [0.25, 0.3) is 0 Å². The van der Waals surface area contributed by atoms with Crippen LogP contribution in [-0.4, -0.2) is 48.0 Å². The van der Waals surface area contributed by atoms with E-state index in [1.54, 1.807) is 27.7 Å². The predicted molar refractivity (Wildman–Crippen MR) is 106 cm³/mol. The lowest BCUT2D eigenvalue weighted by Gasteiger charge is -2.26. The lowest BCUT2D eigenvalue weighted by molar-refractivity contribution is -0.134. The predicted octanol–water partition coefficient (Wildman–Crippen LogP) is 1.77. The van der Waals surface area contributed by atoms with Crippen LogP contribution in [0.3, 0.4) is 0 Å². The molecule has 0 rings (SSSR count). The summed E-state index contributed by atoms with van der Waals surface area (Å²) >= 11 is 5.38. The molecule has 156 valence electrons. The van der Waals surface area contributed by atoms with Crippen LogP contribution in [0.2, 0.25) is 0 Å². The molecule has 0 aliphatic rings. The van der Waals surface area contributed by atoms with E-state index >= 15 is 0 Å². The van der Waals surface area contributed by atoms with E-state index in [4.69, 9.17) is 11.6 Å². The van der Waals surface area contributed by atoms with Crippen molar-refractivity contribution in [1.29, 1.82) is 0 Å². The molecular formula is C19H34ClN3O4. The molecule has 0 aliphatic carbocycles.